The van der Waals surface area contributed by atoms with E-state index < -0.39 is 0 Å². The van der Waals surface area contributed by atoms with E-state index in [0.717, 1.165) is 39.0 Å². The van der Waals surface area contributed by atoms with Gasteiger partial charge in [-0.05, 0) is 31.2 Å². The molecular weight excluding hydrogens is 254 g/mol. The van der Waals surface area contributed by atoms with Gasteiger partial charge in [0.05, 0.1) is 12.7 Å². The highest BCUT2D eigenvalue weighted by atomic mass is 16.5. The van der Waals surface area contributed by atoms with Crippen molar-refractivity contribution in [3.8, 4) is 0 Å². The molecule has 0 bridgehead atoms. The third kappa shape index (κ3) is 4.72. The van der Waals surface area contributed by atoms with Crippen LogP contribution in [0.3, 0.4) is 0 Å². The summed E-state index contributed by atoms with van der Waals surface area (Å²) in [5.41, 5.74) is 0.451. The Morgan fingerprint density at radius 3 is 2.80 bits per heavy atom. The summed E-state index contributed by atoms with van der Waals surface area (Å²) in [6.07, 6.45) is 4.29. The number of rotatable bonds is 6. The first kappa shape index (κ1) is 15.7. The second kappa shape index (κ2) is 7.38. The summed E-state index contributed by atoms with van der Waals surface area (Å²) in [5, 5.41) is 6.09. The lowest BCUT2D eigenvalue weighted by Gasteiger charge is -2.37. The monoisotopic (exact) mass is 283 g/mol. The lowest BCUT2D eigenvalue weighted by atomic mass is 9.88. The summed E-state index contributed by atoms with van der Waals surface area (Å²) in [6.45, 7) is 8.70. The van der Waals surface area contributed by atoms with E-state index in [9.17, 15) is 4.79 Å². The van der Waals surface area contributed by atoms with Crippen molar-refractivity contribution in [1.29, 1.82) is 0 Å². The molecule has 0 radical (unpaired) electrons. The highest BCUT2D eigenvalue weighted by Crippen LogP contribution is 2.27. The molecule has 0 aromatic rings. The number of ether oxygens (including phenoxy) is 1. The van der Waals surface area contributed by atoms with Gasteiger partial charge in [0.2, 0.25) is 5.91 Å². The summed E-state index contributed by atoms with van der Waals surface area (Å²) >= 11 is 0. The summed E-state index contributed by atoms with van der Waals surface area (Å²) < 4.78 is 5.80. The summed E-state index contributed by atoms with van der Waals surface area (Å²) in [7, 11) is 1.67. The van der Waals surface area contributed by atoms with Crippen LogP contribution in [0.1, 0.15) is 32.6 Å². The molecule has 2 fully saturated rings. The van der Waals surface area contributed by atoms with Gasteiger partial charge in [0.25, 0.3) is 0 Å². The van der Waals surface area contributed by atoms with Crippen molar-refractivity contribution in [2.24, 2.45) is 5.41 Å². The van der Waals surface area contributed by atoms with E-state index in [1.165, 1.54) is 13.0 Å². The molecular formula is C15H29N3O2. The number of amides is 1. The number of carbonyl (C=O) groups is 1. The predicted octanol–water partition coefficient (Wildman–Crippen LogP) is 0.603. The van der Waals surface area contributed by atoms with E-state index in [2.05, 4.69) is 22.5 Å². The molecule has 1 amide bonds. The van der Waals surface area contributed by atoms with Gasteiger partial charge in [0.15, 0.2) is 0 Å². The van der Waals surface area contributed by atoms with Crippen molar-refractivity contribution < 1.29 is 9.53 Å². The molecule has 0 saturated carbocycles. The minimum absolute atomic E-state index is 0.0593. The van der Waals surface area contributed by atoms with Crippen LogP contribution >= 0.6 is 0 Å². The number of hydrogen-bond acceptors (Lipinski definition) is 4. The van der Waals surface area contributed by atoms with Crippen LogP contribution in [0, 0.1) is 5.41 Å². The van der Waals surface area contributed by atoms with Gasteiger partial charge in [0.1, 0.15) is 0 Å². The molecule has 20 heavy (non-hydrogen) atoms. The molecule has 0 aromatic heterocycles. The quantitative estimate of drug-likeness (QED) is 0.750. The molecule has 2 rings (SSSR count). The van der Waals surface area contributed by atoms with Crippen LogP contribution in [-0.4, -0.2) is 63.3 Å². The second-order valence-corrected chi connectivity index (χ2v) is 6.51. The Bertz CT molecular complexity index is 308. The van der Waals surface area contributed by atoms with Gasteiger partial charge in [0, 0.05) is 39.6 Å². The van der Waals surface area contributed by atoms with Gasteiger partial charge in [-0.2, -0.15) is 0 Å². The Morgan fingerprint density at radius 2 is 2.20 bits per heavy atom. The molecule has 1 atom stereocenters. The average Bonchev–Trinajstić information content (AvgIpc) is 2.87. The molecule has 5 heteroatoms. The minimum atomic E-state index is 0.0593. The molecule has 0 aromatic carbocycles. The van der Waals surface area contributed by atoms with E-state index in [0.29, 0.717) is 24.5 Å². The zero-order chi connectivity index (χ0) is 14.4. The van der Waals surface area contributed by atoms with Gasteiger partial charge in [-0.25, -0.2) is 0 Å². The van der Waals surface area contributed by atoms with E-state index in [-0.39, 0.29) is 5.91 Å². The number of carbonyl (C=O) groups excluding carboxylic acids is 1. The zero-order valence-corrected chi connectivity index (χ0v) is 12.9. The molecule has 1 unspecified atom stereocenters. The normalized spacial score (nSPS) is 28.7. The van der Waals surface area contributed by atoms with Crippen LogP contribution in [0.4, 0.5) is 0 Å². The number of nitrogens with zero attached hydrogens (tertiary/aromatic N) is 1. The van der Waals surface area contributed by atoms with Crippen LogP contribution in [0.2, 0.25) is 0 Å². The zero-order valence-electron chi connectivity index (χ0n) is 12.9. The summed E-state index contributed by atoms with van der Waals surface area (Å²) in [6, 6.07) is 0. The molecule has 2 aliphatic rings. The third-order valence-corrected chi connectivity index (χ3v) is 4.56. The predicted molar refractivity (Wildman–Crippen MR) is 79.7 cm³/mol. The van der Waals surface area contributed by atoms with Crippen molar-refractivity contribution >= 4 is 5.91 Å². The van der Waals surface area contributed by atoms with Crippen molar-refractivity contribution in [1.82, 2.24) is 15.5 Å². The van der Waals surface area contributed by atoms with Crippen molar-refractivity contribution in [2.75, 3.05) is 46.4 Å². The summed E-state index contributed by atoms with van der Waals surface area (Å²) in [5.74, 6) is 0.0593. The fourth-order valence-electron chi connectivity index (χ4n) is 3.22. The maximum Gasteiger partial charge on any atom is 0.222 e. The molecule has 2 N–H and O–H groups in total. The number of likely N-dealkylation sites (tertiary alicyclic amines) is 1. The van der Waals surface area contributed by atoms with Crippen molar-refractivity contribution in [2.45, 2.75) is 38.7 Å². The molecule has 2 heterocycles. The van der Waals surface area contributed by atoms with Gasteiger partial charge in [-0.3, -0.25) is 4.79 Å². The first-order chi connectivity index (χ1) is 9.61. The second-order valence-electron chi connectivity index (χ2n) is 6.51. The van der Waals surface area contributed by atoms with Gasteiger partial charge in [-0.1, -0.05) is 6.92 Å². The summed E-state index contributed by atoms with van der Waals surface area (Å²) in [4.78, 5) is 13.7. The van der Waals surface area contributed by atoms with Crippen LogP contribution in [0.5, 0.6) is 0 Å². The highest BCUT2D eigenvalue weighted by Gasteiger charge is 2.32. The Hall–Kier alpha value is -0.650. The SMILES string of the molecule is CNC(=O)CCOC1CCN(CC2(C)CCNC2)CC1. The Labute approximate surface area is 122 Å². The Kier molecular flexibility index (Phi) is 5.81. The molecule has 5 nitrogen and oxygen atoms in total. The molecule has 2 saturated heterocycles. The molecule has 116 valence electrons. The fourth-order valence-corrected chi connectivity index (χ4v) is 3.22. The van der Waals surface area contributed by atoms with E-state index in [1.807, 2.05) is 0 Å². The topological polar surface area (TPSA) is 53.6 Å². The van der Waals surface area contributed by atoms with E-state index >= 15 is 0 Å². The van der Waals surface area contributed by atoms with Crippen LogP contribution in [-0.2, 0) is 9.53 Å². The fraction of sp³-hybridized carbons (Fsp3) is 0.933. The molecule has 2 aliphatic heterocycles. The molecule has 0 spiro atoms. The largest absolute Gasteiger partial charge is 0.378 e. The number of hydrogen-bond donors (Lipinski definition) is 2. The highest BCUT2D eigenvalue weighted by molar-refractivity contribution is 5.75. The Balaban J connectivity index is 1.61. The number of nitrogens with one attached hydrogen (secondary N) is 2. The maximum atomic E-state index is 11.1. The van der Waals surface area contributed by atoms with E-state index in [1.54, 1.807) is 7.05 Å². The van der Waals surface area contributed by atoms with Crippen LogP contribution in [0.25, 0.3) is 0 Å². The smallest absolute Gasteiger partial charge is 0.222 e. The van der Waals surface area contributed by atoms with Crippen molar-refractivity contribution in [3.05, 3.63) is 0 Å². The minimum Gasteiger partial charge on any atom is -0.378 e. The van der Waals surface area contributed by atoms with E-state index in [4.69, 9.17) is 4.74 Å². The Morgan fingerprint density at radius 1 is 1.45 bits per heavy atom. The first-order valence-corrected chi connectivity index (χ1v) is 7.87. The van der Waals surface area contributed by atoms with Crippen molar-refractivity contribution in [3.63, 3.8) is 0 Å². The average molecular weight is 283 g/mol. The van der Waals surface area contributed by atoms with Gasteiger partial charge >= 0.3 is 0 Å². The standard InChI is InChI=1S/C15H29N3O2/c1-15(6-7-17-11-15)12-18-8-3-13(4-9-18)20-10-5-14(19)16-2/h13,17H,3-12H2,1-2H3,(H,16,19). The lowest BCUT2D eigenvalue weighted by molar-refractivity contribution is -0.122. The maximum absolute atomic E-state index is 11.1. The van der Waals surface area contributed by atoms with Gasteiger partial charge in [-0.15, -0.1) is 0 Å². The number of piperidine rings is 1. The first-order valence-electron chi connectivity index (χ1n) is 7.87. The molecule has 0 aliphatic carbocycles. The van der Waals surface area contributed by atoms with Crippen LogP contribution in [0.15, 0.2) is 0 Å². The lowest BCUT2D eigenvalue weighted by Crippen LogP contribution is -2.43. The van der Waals surface area contributed by atoms with Crippen LogP contribution < -0.4 is 10.6 Å². The third-order valence-electron chi connectivity index (χ3n) is 4.56. The van der Waals surface area contributed by atoms with Gasteiger partial charge < -0.3 is 20.3 Å².